The number of nitrogens with zero attached hydrogens (tertiary/aromatic N) is 3. The summed E-state index contributed by atoms with van der Waals surface area (Å²) >= 11 is 0. The average Bonchev–Trinajstić information content (AvgIpc) is 2.93. The van der Waals surface area contributed by atoms with Crippen molar-refractivity contribution in [2.45, 2.75) is 38.1 Å². The van der Waals surface area contributed by atoms with Gasteiger partial charge in [0.2, 0.25) is 0 Å². The highest BCUT2D eigenvalue weighted by atomic mass is 16.2. The Morgan fingerprint density at radius 2 is 1.48 bits per heavy atom. The van der Waals surface area contributed by atoms with E-state index in [1.54, 1.807) is 0 Å². The highest BCUT2D eigenvalue weighted by Crippen LogP contribution is 2.52. The number of piperidine rings is 1. The third-order valence-electron chi connectivity index (χ3n) is 8.58. The summed E-state index contributed by atoms with van der Waals surface area (Å²) in [6, 6.07) is 21.3. The molecule has 4 unspecified atom stereocenters. The third-order valence-corrected chi connectivity index (χ3v) is 8.58. The fraction of sp³-hybridized carbons (Fsp3) is 0.536. The molecule has 2 aromatic rings. The van der Waals surface area contributed by atoms with E-state index >= 15 is 0 Å². The highest BCUT2D eigenvalue weighted by Gasteiger charge is 2.66. The van der Waals surface area contributed by atoms with Crippen molar-refractivity contribution in [1.29, 1.82) is 0 Å². The zero-order chi connectivity index (χ0) is 23.3. The van der Waals surface area contributed by atoms with Crippen molar-refractivity contribution in [2.24, 2.45) is 11.3 Å². The van der Waals surface area contributed by atoms with E-state index in [4.69, 9.17) is 0 Å². The van der Waals surface area contributed by atoms with E-state index < -0.39 is 5.41 Å². The number of carbonyl (C=O) groups is 1. The van der Waals surface area contributed by atoms with Crippen molar-refractivity contribution in [2.75, 3.05) is 46.8 Å². The largest absolute Gasteiger partial charge is 0.348 e. The van der Waals surface area contributed by atoms with Crippen molar-refractivity contribution in [3.63, 3.8) is 0 Å². The van der Waals surface area contributed by atoms with Crippen molar-refractivity contribution < 1.29 is 4.79 Å². The molecule has 0 saturated carbocycles. The van der Waals surface area contributed by atoms with Gasteiger partial charge in [-0.15, -0.1) is 0 Å². The number of nitrogens with one attached hydrogen (secondary N) is 1. The van der Waals surface area contributed by atoms with Crippen LogP contribution in [0.1, 0.15) is 32.3 Å². The Morgan fingerprint density at radius 3 is 2.09 bits per heavy atom. The Bertz CT molecular complexity index is 922. The van der Waals surface area contributed by atoms with Crippen LogP contribution in [0.15, 0.2) is 60.7 Å². The van der Waals surface area contributed by atoms with Crippen LogP contribution < -0.4 is 10.0 Å². The van der Waals surface area contributed by atoms with E-state index in [2.05, 4.69) is 97.8 Å². The number of hydrogen-bond acceptors (Lipinski definition) is 4. The van der Waals surface area contributed by atoms with Gasteiger partial charge < -0.3 is 9.80 Å². The van der Waals surface area contributed by atoms with Crippen molar-refractivity contribution in [1.82, 2.24) is 19.8 Å². The number of para-hydroxylation sites is 1. The van der Waals surface area contributed by atoms with E-state index in [1.165, 1.54) is 5.56 Å². The molecule has 5 rings (SSSR count). The van der Waals surface area contributed by atoms with Crippen molar-refractivity contribution in [3.8, 4) is 0 Å². The summed E-state index contributed by atoms with van der Waals surface area (Å²) in [5, 5.41) is 0. The molecule has 3 aliphatic rings. The van der Waals surface area contributed by atoms with Gasteiger partial charge in [0.15, 0.2) is 5.69 Å². The quantitative estimate of drug-likeness (QED) is 0.729. The molecule has 33 heavy (non-hydrogen) atoms. The van der Waals surface area contributed by atoms with Crippen LogP contribution in [-0.4, -0.2) is 68.6 Å². The maximum absolute atomic E-state index is 14.6. The predicted octanol–water partition coefficient (Wildman–Crippen LogP) is 3.66. The molecular weight excluding hydrogens is 408 g/mol. The summed E-state index contributed by atoms with van der Waals surface area (Å²) in [4.78, 5) is 19.6. The summed E-state index contributed by atoms with van der Waals surface area (Å²) in [7, 11) is 4.50. The Hall–Kier alpha value is -2.05. The number of quaternary nitrogens is 1. The normalized spacial score (nSPS) is 35.2. The van der Waals surface area contributed by atoms with E-state index in [1.807, 2.05) is 6.07 Å². The predicted molar refractivity (Wildman–Crippen MR) is 135 cm³/mol. The first-order chi connectivity index (χ1) is 15.8. The van der Waals surface area contributed by atoms with Gasteiger partial charge in [0, 0.05) is 49.6 Å². The number of rotatable bonds is 3. The van der Waals surface area contributed by atoms with Gasteiger partial charge in [0.05, 0.1) is 6.04 Å². The molecule has 4 atom stereocenters. The molecule has 0 aliphatic carbocycles. The number of fused-ring (bicyclic) bond motifs is 2. The first-order valence-corrected chi connectivity index (χ1v) is 12.5. The Kier molecular flexibility index (Phi) is 5.73. The van der Waals surface area contributed by atoms with Crippen molar-refractivity contribution in [3.05, 3.63) is 66.2 Å². The van der Waals surface area contributed by atoms with Gasteiger partial charge in [-0.3, -0.25) is 0 Å². The standard InChI is InChI=1S/C28H39N4O/c1-22-17-28(23-11-7-5-8-12-23)18-24(27(2)20-30(3)15-16-31(4)21-27)19-32(29-22,26(28)33)25-13-9-6-10-14-25/h5-14,22,24,29H,15-21H2,1-4H3/q+1. The second-order valence-corrected chi connectivity index (χ2v) is 11.3. The minimum atomic E-state index is -0.475. The minimum absolute atomic E-state index is 0.0985. The van der Waals surface area contributed by atoms with E-state index in [-0.39, 0.29) is 16.0 Å². The Balaban J connectivity index is 1.68. The van der Waals surface area contributed by atoms with Gasteiger partial charge in [0.25, 0.3) is 0 Å². The summed E-state index contributed by atoms with van der Waals surface area (Å²) in [6.45, 7) is 9.82. The lowest BCUT2D eigenvalue weighted by molar-refractivity contribution is -0.157. The third kappa shape index (κ3) is 3.75. The SMILES string of the molecule is CC1CC2(c3ccccc3)CC(C3(C)CN(C)CCN(C)C3)C[N+](c3ccccc3)(N1)C2=O. The second kappa shape index (κ2) is 8.31. The number of likely N-dealkylation sites (N-methyl/N-ethyl adjacent to an activating group) is 2. The molecular formula is C28H39N4O+. The molecule has 0 spiro atoms. The molecule has 5 heteroatoms. The van der Waals surface area contributed by atoms with E-state index in [0.29, 0.717) is 11.8 Å². The summed E-state index contributed by atoms with van der Waals surface area (Å²) in [5.41, 5.74) is 5.68. The summed E-state index contributed by atoms with van der Waals surface area (Å²) in [5.74, 6) is 0.715. The van der Waals surface area contributed by atoms with Crippen molar-refractivity contribution >= 4 is 11.6 Å². The first kappa shape index (κ1) is 22.7. The molecule has 1 N–H and O–H groups in total. The zero-order valence-electron chi connectivity index (χ0n) is 20.6. The topological polar surface area (TPSA) is 35.6 Å². The molecule has 0 aromatic heterocycles. The lowest BCUT2D eigenvalue weighted by Gasteiger charge is -2.57. The van der Waals surface area contributed by atoms with Gasteiger partial charge in [-0.2, -0.15) is 10.0 Å². The van der Waals surface area contributed by atoms with Gasteiger partial charge >= 0.3 is 5.91 Å². The monoisotopic (exact) mass is 447 g/mol. The molecule has 0 radical (unpaired) electrons. The smallest absolute Gasteiger partial charge is 0.304 e. The van der Waals surface area contributed by atoms with Crippen LogP contribution in [0.4, 0.5) is 5.69 Å². The number of benzene rings is 2. The van der Waals surface area contributed by atoms with Gasteiger partial charge in [-0.25, -0.2) is 4.79 Å². The lowest BCUT2D eigenvalue weighted by atomic mass is 9.59. The fourth-order valence-corrected chi connectivity index (χ4v) is 7.18. The number of hydrogen-bond donors (Lipinski definition) is 1. The van der Waals surface area contributed by atoms with Crippen LogP contribution >= 0.6 is 0 Å². The molecule has 2 bridgehead atoms. The van der Waals surface area contributed by atoms with Gasteiger partial charge in [-0.05, 0) is 39.4 Å². The Morgan fingerprint density at radius 1 is 0.909 bits per heavy atom. The van der Waals surface area contributed by atoms with Crippen LogP contribution in [0, 0.1) is 11.3 Å². The van der Waals surface area contributed by atoms with Gasteiger partial charge in [-0.1, -0.05) is 55.5 Å². The Labute approximate surface area is 198 Å². The molecule has 3 aliphatic heterocycles. The van der Waals surface area contributed by atoms with Crippen LogP contribution in [0.5, 0.6) is 0 Å². The molecule has 176 valence electrons. The molecule has 5 nitrogen and oxygen atoms in total. The molecule has 2 aromatic carbocycles. The highest BCUT2D eigenvalue weighted by molar-refractivity contribution is 5.98. The fourth-order valence-electron chi connectivity index (χ4n) is 7.18. The number of carbonyl (C=O) groups excluding carboxylic acids is 1. The van der Waals surface area contributed by atoms with Crippen LogP contribution in [0.25, 0.3) is 0 Å². The summed E-state index contributed by atoms with van der Waals surface area (Å²) in [6.07, 6.45) is 1.77. The second-order valence-electron chi connectivity index (χ2n) is 11.3. The average molecular weight is 448 g/mol. The number of amides is 1. The maximum atomic E-state index is 14.6. The van der Waals surface area contributed by atoms with Crippen LogP contribution in [-0.2, 0) is 10.2 Å². The summed E-state index contributed by atoms with van der Waals surface area (Å²) < 4.78 is 0.255. The molecule has 3 fully saturated rings. The molecule has 1 amide bonds. The maximum Gasteiger partial charge on any atom is 0.348 e. The zero-order valence-corrected chi connectivity index (χ0v) is 20.6. The van der Waals surface area contributed by atoms with E-state index in [0.717, 1.165) is 51.3 Å². The molecule has 3 saturated heterocycles. The van der Waals surface area contributed by atoms with E-state index in [9.17, 15) is 4.79 Å². The first-order valence-electron chi connectivity index (χ1n) is 12.5. The van der Waals surface area contributed by atoms with Gasteiger partial charge in [0.1, 0.15) is 12.0 Å². The molecule has 3 heterocycles. The lowest BCUT2D eigenvalue weighted by Crippen LogP contribution is -2.80. The minimum Gasteiger partial charge on any atom is -0.304 e. The van der Waals surface area contributed by atoms with Crippen LogP contribution in [0.3, 0.4) is 0 Å². The van der Waals surface area contributed by atoms with Crippen LogP contribution in [0.2, 0.25) is 0 Å².